The molecule has 0 unspecified atom stereocenters. The average Bonchev–Trinajstić information content (AvgIpc) is 2.66. The van der Waals surface area contributed by atoms with E-state index in [1.54, 1.807) is 6.92 Å². The van der Waals surface area contributed by atoms with Crippen LogP contribution >= 0.6 is 0 Å². The van der Waals surface area contributed by atoms with E-state index < -0.39 is 80.5 Å². The lowest BCUT2D eigenvalue weighted by molar-refractivity contribution is -0.348. The van der Waals surface area contributed by atoms with Crippen LogP contribution in [0.15, 0.2) is 0 Å². The summed E-state index contributed by atoms with van der Waals surface area (Å²) in [5.41, 5.74) is 0. The molecular weight excluding hydrogens is 382 g/mol. The summed E-state index contributed by atoms with van der Waals surface area (Å²) in [6.07, 6.45) is -12.6. The highest BCUT2D eigenvalue weighted by molar-refractivity contribution is 5.73. The van der Waals surface area contributed by atoms with Crippen molar-refractivity contribution < 1.29 is 54.4 Å². The molecule has 0 bridgehead atoms. The molecule has 28 heavy (non-hydrogen) atoms. The summed E-state index contributed by atoms with van der Waals surface area (Å²) in [6, 6.07) is -1.05. The molecule has 2 heterocycles. The van der Waals surface area contributed by atoms with Crippen LogP contribution in [-0.4, -0.2) is 118 Å². The number of hydrogen-bond acceptors (Lipinski definition) is 11. The van der Waals surface area contributed by atoms with Crippen LogP contribution in [0.5, 0.6) is 0 Å². The Morgan fingerprint density at radius 2 is 1.54 bits per heavy atom. The molecule has 2 rings (SSSR count). The van der Waals surface area contributed by atoms with Crippen LogP contribution in [0.1, 0.15) is 13.8 Å². The molecule has 10 atom stereocenters. The molecular formula is C16H29NO11. The fourth-order valence-electron chi connectivity index (χ4n) is 3.26. The van der Waals surface area contributed by atoms with Gasteiger partial charge in [-0.15, -0.1) is 0 Å². The summed E-state index contributed by atoms with van der Waals surface area (Å²) in [5, 5.41) is 61.9. The second kappa shape index (κ2) is 10.2. The van der Waals surface area contributed by atoms with Crippen molar-refractivity contribution in [3.05, 3.63) is 0 Å². The topological polar surface area (TPSA) is 187 Å². The minimum absolute atomic E-state index is 0.212. The molecule has 2 saturated heterocycles. The number of aliphatic hydroxyl groups is 6. The number of aliphatic hydroxyl groups excluding tert-OH is 6. The Hall–Kier alpha value is -0.930. The van der Waals surface area contributed by atoms with E-state index >= 15 is 0 Å². The van der Waals surface area contributed by atoms with Crippen LogP contribution in [0, 0.1) is 0 Å². The maximum absolute atomic E-state index is 11.5. The van der Waals surface area contributed by atoms with Crippen LogP contribution in [0.4, 0.5) is 0 Å². The van der Waals surface area contributed by atoms with Gasteiger partial charge >= 0.3 is 0 Å². The highest BCUT2D eigenvalue weighted by Crippen LogP contribution is 2.29. The fourth-order valence-corrected chi connectivity index (χ4v) is 3.26. The Morgan fingerprint density at radius 3 is 2.07 bits per heavy atom. The van der Waals surface area contributed by atoms with E-state index in [1.807, 2.05) is 0 Å². The van der Waals surface area contributed by atoms with E-state index in [4.69, 9.17) is 18.9 Å². The highest BCUT2D eigenvalue weighted by atomic mass is 16.7. The highest BCUT2D eigenvalue weighted by Gasteiger charge is 2.51. The van der Waals surface area contributed by atoms with E-state index in [0.717, 1.165) is 0 Å². The van der Waals surface area contributed by atoms with Crippen molar-refractivity contribution in [2.45, 2.75) is 75.2 Å². The molecule has 2 aliphatic rings. The third-order valence-electron chi connectivity index (χ3n) is 4.69. The van der Waals surface area contributed by atoms with Gasteiger partial charge < -0.3 is 54.9 Å². The van der Waals surface area contributed by atoms with Gasteiger partial charge in [0.15, 0.2) is 12.6 Å². The molecule has 12 heteroatoms. The summed E-state index contributed by atoms with van der Waals surface area (Å²) in [6.45, 7) is 1.89. The van der Waals surface area contributed by atoms with Gasteiger partial charge in [0.05, 0.1) is 13.2 Å². The number of carbonyl (C=O) groups excluding carboxylic acids is 1. The van der Waals surface area contributed by atoms with E-state index in [1.165, 1.54) is 6.92 Å². The number of nitrogens with one attached hydrogen (secondary N) is 1. The van der Waals surface area contributed by atoms with Crippen molar-refractivity contribution in [2.24, 2.45) is 0 Å². The number of rotatable bonds is 7. The SMILES string of the molecule is CCO[C@@H]1O[C@H](CO)[C@@H](O[C@@H]2O[C@H](CO)[C@H](O)[C@H](O)[C@H]2O)[C@H](O)[C@H]1NC(C)=O. The zero-order valence-corrected chi connectivity index (χ0v) is 15.6. The lowest BCUT2D eigenvalue weighted by Gasteiger charge is -2.47. The molecule has 1 amide bonds. The van der Waals surface area contributed by atoms with E-state index in [9.17, 15) is 35.4 Å². The Bertz CT molecular complexity index is 507. The predicted molar refractivity (Wildman–Crippen MR) is 89.6 cm³/mol. The molecule has 2 fully saturated rings. The summed E-state index contributed by atoms with van der Waals surface area (Å²) in [4.78, 5) is 11.5. The smallest absolute Gasteiger partial charge is 0.217 e. The first kappa shape index (κ1) is 23.3. The second-order valence-corrected chi connectivity index (χ2v) is 6.70. The number of ether oxygens (including phenoxy) is 4. The zero-order valence-electron chi connectivity index (χ0n) is 15.6. The molecule has 12 nitrogen and oxygen atoms in total. The van der Waals surface area contributed by atoms with Crippen LogP contribution < -0.4 is 5.32 Å². The van der Waals surface area contributed by atoms with Gasteiger partial charge in [-0.25, -0.2) is 0 Å². The minimum Gasteiger partial charge on any atom is -0.394 e. The molecule has 0 saturated carbocycles. The standard InChI is InChI=1S/C16H29NO11/c1-3-25-15-9(17-6(2)20)11(22)14(8(5-19)27-15)28-16-13(24)12(23)10(21)7(4-18)26-16/h7-16,18-19,21-24H,3-5H2,1-2H3,(H,17,20)/t7-,8-,9-,10+,11-,12+,13-,14-,15-,16+/m1/s1. The summed E-state index contributed by atoms with van der Waals surface area (Å²) in [7, 11) is 0. The van der Waals surface area contributed by atoms with Crippen molar-refractivity contribution in [1.29, 1.82) is 0 Å². The van der Waals surface area contributed by atoms with Crippen LogP contribution in [-0.2, 0) is 23.7 Å². The lowest BCUT2D eigenvalue weighted by atomic mass is 9.95. The second-order valence-electron chi connectivity index (χ2n) is 6.70. The maximum atomic E-state index is 11.5. The van der Waals surface area contributed by atoms with E-state index in [2.05, 4.69) is 5.32 Å². The Kier molecular flexibility index (Phi) is 8.51. The first-order valence-electron chi connectivity index (χ1n) is 9.04. The third kappa shape index (κ3) is 4.97. The van der Waals surface area contributed by atoms with Gasteiger partial charge in [-0.1, -0.05) is 0 Å². The van der Waals surface area contributed by atoms with Crippen LogP contribution in [0.3, 0.4) is 0 Å². The third-order valence-corrected chi connectivity index (χ3v) is 4.69. The van der Waals surface area contributed by atoms with Gasteiger partial charge in [0, 0.05) is 13.5 Å². The number of amides is 1. The van der Waals surface area contributed by atoms with Crippen molar-refractivity contribution in [2.75, 3.05) is 19.8 Å². The first-order valence-corrected chi connectivity index (χ1v) is 9.04. The van der Waals surface area contributed by atoms with Crippen LogP contribution in [0.25, 0.3) is 0 Å². The Labute approximate surface area is 161 Å². The zero-order chi connectivity index (χ0) is 21.0. The van der Waals surface area contributed by atoms with Crippen molar-refractivity contribution in [1.82, 2.24) is 5.32 Å². The molecule has 0 aromatic heterocycles. The summed E-state index contributed by atoms with van der Waals surface area (Å²) in [5.74, 6) is -0.466. The minimum atomic E-state index is -1.70. The molecule has 0 aromatic carbocycles. The van der Waals surface area contributed by atoms with Gasteiger partial charge in [0.25, 0.3) is 0 Å². The molecule has 0 aliphatic carbocycles. The summed E-state index contributed by atoms with van der Waals surface area (Å²) >= 11 is 0. The molecule has 0 radical (unpaired) electrons. The quantitative estimate of drug-likeness (QED) is 0.215. The van der Waals surface area contributed by atoms with Gasteiger partial charge in [-0.05, 0) is 6.92 Å². The summed E-state index contributed by atoms with van der Waals surface area (Å²) < 4.78 is 21.8. The Balaban J connectivity index is 2.20. The van der Waals surface area contributed by atoms with E-state index in [-0.39, 0.29) is 6.61 Å². The van der Waals surface area contributed by atoms with Gasteiger partial charge in [-0.2, -0.15) is 0 Å². The van der Waals surface area contributed by atoms with Crippen LogP contribution in [0.2, 0.25) is 0 Å². The normalized spacial score (nSPS) is 44.3. The largest absolute Gasteiger partial charge is 0.394 e. The molecule has 0 aromatic rings. The Morgan fingerprint density at radius 1 is 0.929 bits per heavy atom. The molecule has 164 valence electrons. The molecule has 0 spiro atoms. The first-order chi connectivity index (χ1) is 13.2. The average molecular weight is 411 g/mol. The number of hydrogen-bond donors (Lipinski definition) is 7. The predicted octanol–water partition coefficient (Wildman–Crippen LogP) is -4.21. The fraction of sp³-hybridized carbons (Fsp3) is 0.938. The lowest BCUT2D eigenvalue weighted by Crippen LogP contribution is -2.67. The maximum Gasteiger partial charge on any atom is 0.217 e. The van der Waals surface area contributed by atoms with Crippen molar-refractivity contribution >= 4 is 5.91 Å². The van der Waals surface area contributed by atoms with Crippen molar-refractivity contribution in [3.63, 3.8) is 0 Å². The van der Waals surface area contributed by atoms with Gasteiger partial charge in [0.2, 0.25) is 5.91 Å². The van der Waals surface area contributed by atoms with Gasteiger partial charge in [0.1, 0.15) is 48.8 Å². The number of carbonyl (C=O) groups is 1. The monoisotopic (exact) mass is 411 g/mol. The molecule has 7 N–H and O–H groups in total. The molecule has 2 aliphatic heterocycles. The van der Waals surface area contributed by atoms with E-state index in [0.29, 0.717) is 0 Å². The van der Waals surface area contributed by atoms with Crippen molar-refractivity contribution in [3.8, 4) is 0 Å². The van der Waals surface area contributed by atoms with Gasteiger partial charge in [-0.3, -0.25) is 4.79 Å².